The van der Waals surface area contributed by atoms with Crippen molar-refractivity contribution in [3.63, 3.8) is 0 Å². The Bertz CT molecular complexity index is 329. The van der Waals surface area contributed by atoms with Crippen LogP contribution in [0, 0.1) is 11.8 Å². The number of urea groups is 1. The number of carbonyl (C=O) groups is 1. The van der Waals surface area contributed by atoms with Gasteiger partial charge in [0, 0.05) is 19.1 Å². The van der Waals surface area contributed by atoms with Crippen LogP contribution in [0.1, 0.15) is 46.0 Å². The van der Waals surface area contributed by atoms with E-state index in [2.05, 4.69) is 29.4 Å². The fourth-order valence-corrected chi connectivity index (χ4v) is 3.15. The monoisotopic (exact) mass is 297 g/mol. The van der Waals surface area contributed by atoms with E-state index in [0.717, 1.165) is 25.4 Å². The molecule has 0 bridgehead atoms. The molecule has 0 aromatic carbocycles. The van der Waals surface area contributed by atoms with Crippen LogP contribution in [-0.4, -0.2) is 54.4 Å². The third-order valence-corrected chi connectivity index (χ3v) is 4.74. The van der Waals surface area contributed by atoms with Crippen LogP contribution in [0.4, 0.5) is 4.79 Å². The van der Waals surface area contributed by atoms with Gasteiger partial charge < -0.3 is 20.6 Å². The zero-order valence-electron chi connectivity index (χ0n) is 13.5. The number of β-amino-alcohol motifs (C(OH)–C–C–N with tert-alkyl or cyclic N) is 1. The van der Waals surface area contributed by atoms with Crippen LogP contribution in [0.2, 0.25) is 0 Å². The minimum atomic E-state index is -0.477. The number of piperidine rings is 1. The SMILES string of the molecule is CCCC1CC1NC(=O)NCC(O)CN1CCC(C)CC1. The van der Waals surface area contributed by atoms with Crippen molar-refractivity contribution in [2.75, 3.05) is 26.2 Å². The Kier molecular flexibility index (Phi) is 6.30. The minimum Gasteiger partial charge on any atom is -0.390 e. The van der Waals surface area contributed by atoms with E-state index in [1.165, 1.54) is 25.7 Å². The second-order valence-corrected chi connectivity index (χ2v) is 6.88. The number of nitrogens with one attached hydrogen (secondary N) is 2. The summed E-state index contributed by atoms with van der Waals surface area (Å²) < 4.78 is 0. The number of rotatable bonds is 7. The first-order valence-electron chi connectivity index (χ1n) is 8.53. The fourth-order valence-electron chi connectivity index (χ4n) is 3.15. The van der Waals surface area contributed by atoms with Crippen molar-refractivity contribution >= 4 is 6.03 Å². The maximum absolute atomic E-state index is 11.7. The molecule has 2 fully saturated rings. The molecule has 0 radical (unpaired) electrons. The van der Waals surface area contributed by atoms with Crippen molar-refractivity contribution in [1.29, 1.82) is 0 Å². The summed E-state index contributed by atoms with van der Waals surface area (Å²) in [4.78, 5) is 14.0. The van der Waals surface area contributed by atoms with Crippen molar-refractivity contribution in [2.24, 2.45) is 11.8 Å². The zero-order chi connectivity index (χ0) is 15.2. The Morgan fingerprint density at radius 2 is 2.10 bits per heavy atom. The van der Waals surface area contributed by atoms with Crippen LogP contribution in [0.3, 0.4) is 0 Å². The standard InChI is InChI=1S/C16H31N3O2/c1-3-4-13-9-15(13)18-16(21)17-10-14(20)11-19-7-5-12(2)6-8-19/h12-15,20H,3-11H2,1-2H3,(H2,17,18,21). The van der Waals surface area contributed by atoms with Gasteiger partial charge in [0.05, 0.1) is 6.10 Å². The van der Waals surface area contributed by atoms with Crippen molar-refractivity contribution in [3.05, 3.63) is 0 Å². The van der Waals surface area contributed by atoms with E-state index in [1.807, 2.05) is 0 Å². The molecular weight excluding hydrogens is 266 g/mol. The third-order valence-electron chi connectivity index (χ3n) is 4.74. The van der Waals surface area contributed by atoms with E-state index in [9.17, 15) is 9.90 Å². The Morgan fingerprint density at radius 1 is 1.38 bits per heavy atom. The van der Waals surface area contributed by atoms with Gasteiger partial charge in [0.1, 0.15) is 0 Å². The van der Waals surface area contributed by atoms with E-state index in [1.54, 1.807) is 0 Å². The Labute approximate surface area is 128 Å². The highest BCUT2D eigenvalue weighted by Crippen LogP contribution is 2.34. The lowest BCUT2D eigenvalue weighted by Gasteiger charge is -2.31. The number of hydrogen-bond donors (Lipinski definition) is 3. The van der Waals surface area contributed by atoms with Crippen molar-refractivity contribution in [2.45, 2.75) is 58.1 Å². The largest absolute Gasteiger partial charge is 0.390 e. The topological polar surface area (TPSA) is 64.6 Å². The molecule has 1 aliphatic carbocycles. The van der Waals surface area contributed by atoms with Crippen LogP contribution in [-0.2, 0) is 0 Å². The maximum atomic E-state index is 11.7. The number of nitrogens with zero attached hydrogens (tertiary/aromatic N) is 1. The van der Waals surface area contributed by atoms with Gasteiger partial charge in [-0.3, -0.25) is 0 Å². The van der Waals surface area contributed by atoms with Gasteiger partial charge in [-0.15, -0.1) is 0 Å². The molecule has 2 amide bonds. The molecule has 122 valence electrons. The van der Waals surface area contributed by atoms with Crippen molar-refractivity contribution in [1.82, 2.24) is 15.5 Å². The second-order valence-electron chi connectivity index (χ2n) is 6.88. The highest BCUT2D eigenvalue weighted by molar-refractivity contribution is 5.74. The summed E-state index contributed by atoms with van der Waals surface area (Å²) in [5, 5.41) is 15.8. The maximum Gasteiger partial charge on any atom is 0.315 e. The average Bonchev–Trinajstić information content (AvgIpc) is 3.17. The normalized spacial score (nSPS) is 28.1. The average molecular weight is 297 g/mol. The van der Waals surface area contributed by atoms with E-state index >= 15 is 0 Å². The predicted octanol–water partition coefficient (Wildman–Crippen LogP) is 1.57. The molecule has 5 heteroatoms. The predicted molar refractivity (Wildman–Crippen MR) is 84.2 cm³/mol. The zero-order valence-corrected chi connectivity index (χ0v) is 13.5. The summed E-state index contributed by atoms with van der Waals surface area (Å²) in [5.41, 5.74) is 0. The molecule has 3 atom stereocenters. The van der Waals surface area contributed by atoms with E-state index < -0.39 is 6.10 Å². The Balaban J connectivity index is 1.54. The minimum absolute atomic E-state index is 0.134. The van der Waals surface area contributed by atoms with Crippen molar-refractivity contribution in [3.8, 4) is 0 Å². The second kappa shape index (κ2) is 7.99. The number of likely N-dealkylation sites (tertiary alicyclic amines) is 1. The molecule has 21 heavy (non-hydrogen) atoms. The molecule has 0 aromatic heterocycles. The Morgan fingerprint density at radius 3 is 2.76 bits per heavy atom. The number of carbonyl (C=O) groups excluding carboxylic acids is 1. The summed E-state index contributed by atoms with van der Waals surface area (Å²) in [6.45, 7) is 7.57. The molecule has 1 saturated carbocycles. The summed E-state index contributed by atoms with van der Waals surface area (Å²) in [6, 6.07) is 0.218. The highest BCUT2D eigenvalue weighted by Gasteiger charge is 2.37. The van der Waals surface area contributed by atoms with Crippen LogP contribution >= 0.6 is 0 Å². The Hall–Kier alpha value is -0.810. The molecule has 2 rings (SSSR count). The molecule has 1 saturated heterocycles. The lowest BCUT2D eigenvalue weighted by molar-refractivity contribution is 0.0920. The van der Waals surface area contributed by atoms with E-state index in [-0.39, 0.29) is 6.03 Å². The van der Waals surface area contributed by atoms with E-state index in [4.69, 9.17) is 0 Å². The third kappa shape index (κ3) is 5.83. The molecule has 3 unspecified atom stereocenters. The van der Waals surface area contributed by atoms with Gasteiger partial charge >= 0.3 is 6.03 Å². The molecule has 3 N–H and O–H groups in total. The molecule has 0 aromatic rings. The molecule has 1 aliphatic heterocycles. The van der Waals surface area contributed by atoms with Gasteiger partial charge in [-0.1, -0.05) is 20.3 Å². The summed E-state index contributed by atoms with van der Waals surface area (Å²) in [5.74, 6) is 1.47. The number of aliphatic hydroxyl groups excluding tert-OH is 1. The van der Waals surface area contributed by atoms with Crippen LogP contribution in [0.25, 0.3) is 0 Å². The first kappa shape index (κ1) is 16.6. The first-order valence-corrected chi connectivity index (χ1v) is 8.53. The highest BCUT2D eigenvalue weighted by atomic mass is 16.3. The summed E-state index contributed by atoms with van der Waals surface area (Å²) in [6.07, 6.45) is 5.42. The number of aliphatic hydroxyl groups is 1. The quantitative estimate of drug-likeness (QED) is 0.668. The molecule has 1 heterocycles. The number of hydrogen-bond acceptors (Lipinski definition) is 3. The summed E-state index contributed by atoms with van der Waals surface area (Å²) in [7, 11) is 0. The van der Waals surface area contributed by atoms with Gasteiger partial charge in [-0.25, -0.2) is 4.79 Å². The van der Waals surface area contributed by atoms with Gasteiger partial charge in [0.15, 0.2) is 0 Å². The van der Waals surface area contributed by atoms with Crippen LogP contribution < -0.4 is 10.6 Å². The molecule has 2 aliphatic rings. The molecule has 5 nitrogen and oxygen atoms in total. The summed E-state index contributed by atoms with van der Waals surface area (Å²) >= 11 is 0. The van der Waals surface area contributed by atoms with Crippen LogP contribution in [0.15, 0.2) is 0 Å². The van der Waals surface area contributed by atoms with Gasteiger partial charge in [0.2, 0.25) is 0 Å². The van der Waals surface area contributed by atoms with Crippen LogP contribution in [0.5, 0.6) is 0 Å². The van der Waals surface area contributed by atoms with Crippen molar-refractivity contribution < 1.29 is 9.90 Å². The smallest absolute Gasteiger partial charge is 0.315 e. The van der Waals surface area contributed by atoms with Gasteiger partial charge in [-0.05, 0) is 50.6 Å². The van der Waals surface area contributed by atoms with Gasteiger partial charge in [0.25, 0.3) is 0 Å². The van der Waals surface area contributed by atoms with Gasteiger partial charge in [-0.2, -0.15) is 0 Å². The lowest BCUT2D eigenvalue weighted by atomic mass is 9.99. The first-order chi connectivity index (χ1) is 10.1. The lowest BCUT2D eigenvalue weighted by Crippen LogP contribution is -2.45. The number of amides is 2. The molecule has 0 spiro atoms. The fraction of sp³-hybridized carbons (Fsp3) is 0.938. The van der Waals surface area contributed by atoms with E-state index in [0.29, 0.717) is 25.0 Å². The molecular formula is C16H31N3O2.